The zero-order chi connectivity index (χ0) is 10.4. The number of hydrogen-bond acceptors (Lipinski definition) is 2. The third-order valence-electron chi connectivity index (χ3n) is 2.03. The molecular weight excluding hydrogens is 194 g/mol. The number of carbonyl (C=O) groups excluding carboxylic acids is 1. The summed E-state index contributed by atoms with van der Waals surface area (Å²) < 4.78 is 0. The van der Waals surface area contributed by atoms with Gasteiger partial charge in [-0.2, -0.15) is 0 Å². The molecule has 0 aliphatic rings. The topological polar surface area (TPSA) is 29.1 Å². The molecule has 0 atom stereocenters. The van der Waals surface area contributed by atoms with Gasteiger partial charge in [0, 0.05) is 11.4 Å². The van der Waals surface area contributed by atoms with Crippen LogP contribution >= 0.6 is 11.3 Å². The summed E-state index contributed by atoms with van der Waals surface area (Å²) in [6.07, 6.45) is 3.45. The van der Waals surface area contributed by atoms with Gasteiger partial charge >= 0.3 is 0 Å². The van der Waals surface area contributed by atoms with E-state index in [4.69, 9.17) is 0 Å². The fourth-order valence-corrected chi connectivity index (χ4v) is 2.00. The fourth-order valence-electron chi connectivity index (χ4n) is 1.22. The molecule has 0 aliphatic heterocycles. The summed E-state index contributed by atoms with van der Waals surface area (Å²) >= 11 is 1.55. The maximum absolute atomic E-state index is 11.5. The Labute approximate surface area is 89.3 Å². The first-order valence-corrected chi connectivity index (χ1v) is 5.90. The second kappa shape index (κ2) is 5.81. The molecule has 0 aromatic carbocycles. The average Bonchev–Trinajstić information content (AvgIpc) is 2.59. The minimum absolute atomic E-state index is 0.0687. The van der Waals surface area contributed by atoms with E-state index in [1.807, 2.05) is 19.1 Å². The standard InChI is InChI=1S/C11H17NOS/c1-3-4-5-8-12-11(13)10-7-6-9(2)14-10/h6-7H,3-5,8H2,1-2H3,(H,12,13). The van der Waals surface area contributed by atoms with Crippen molar-refractivity contribution < 1.29 is 4.79 Å². The minimum Gasteiger partial charge on any atom is -0.351 e. The third kappa shape index (κ3) is 3.50. The van der Waals surface area contributed by atoms with Crippen LogP contribution in [0, 0.1) is 6.92 Å². The van der Waals surface area contributed by atoms with Gasteiger partial charge < -0.3 is 5.32 Å². The third-order valence-corrected chi connectivity index (χ3v) is 3.03. The maximum atomic E-state index is 11.5. The predicted octanol–water partition coefficient (Wildman–Crippen LogP) is 2.98. The first-order valence-electron chi connectivity index (χ1n) is 5.08. The van der Waals surface area contributed by atoms with E-state index in [0.29, 0.717) is 0 Å². The number of carbonyl (C=O) groups is 1. The lowest BCUT2D eigenvalue weighted by Crippen LogP contribution is -2.23. The van der Waals surface area contributed by atoms with Crippen LogP contribution in [0.15, 0.2) is 12.1 Å². The normalized spacial score (nSPS) is 10.1. The van der Waals surface area contributed by atoms with E-state index in [1.54, 1.807) is 11.3 Å². The van der Waals surface area contributed by atoms with Gasteiger partial charge in [-0.25, -0.2) is 0 Å². The van der Waals surface area contributed by atoms with Crippen LogP contribution in [-0.4, -0.2) is 12.5 Å². The van der Waals surface area contributed by atoms with E-state index in [-0.39, 0.29) is 5.91 Å². The zero-order valence-electron chi connectivity index (χ0n) is 8.80. The summed E-state index contributed by atoms with van der Waals surface area (Å²) in [5.41, 5.74) is 0. The number of aryl methyl sites for hydroxylation is 1. The van der Waals surface area contributed by atoms with Crippen molar-refractivity contribution >= 4 is 17.2 Å². The Hall–Kier alpha value is -0.830. The molecule has 2 nitrogen and oxygen atoms in total. The van der Waals surface area contributed by atoms with Gasteiger partial charge in [-0.05, 0) is 25.5 Å². The molecule has 0 fully saturated rings. The van der Waals surface area contributed by atoms with E-state index in [0.717, 1.165) is 17.8 Å². The zero-order valence-corrected chi connectivity index (χ0v) is 9.62. The highest BCUT2D eigenvalue weighted by atomic mass is 32.1. The molecule has 0 bridgehead atoms. The van der Waals surface area contributed by atoms with Crippen LogP contribution in [0.3, 0.4) is 0 Å². The molecule has 0 spiro atoms. The second-order valence-electron chi connectivity index (χ2n) is 3.37. The molecule has 1 aromatic rings. The smallest absolute Gasteiger partial charge is 0.261 e. The molecule has 1 aromatic heterocycles. The highest BCUT2D eigenvalue weighted by molar-refractivity contribution is 7.13. The lowest BCUT2D eigenvalue weighted by atomic mass is 10.2. The Morgan fingerprint density at radius 2 is 2.21 bits per heavy atom. The lowest BCUT2D eigenvalue weighted by Gasteiger charge is -2.01. The summed E-state index contributed by atoms with van der Waals surface area (Å²) in [6, 6.07) is 3.86. The summed E-state index contributed by atoms with van der Waals surface area (Å²) in [5, 5.41) is 2.92. The molecule has 1 N–H and O–H groups in total. The number of thiophene rings is 1. The van der Waals surface area contributed by atoms with Crippen molar-refractivity contribution in [2.75, 3.05) is 6.54 Å². The first kappa shape index (κ1) is 11.2. The van der Waals surface area contributed by atoms with Crippen molar-refractivity contribution in [3.05, 3.63) is 21.9 Å². The van der Waals surface area contributed by atoms with Crippen molar-refractivity contribution in [3.8, 4) is 0 Å². The molecule has 78 valence electrons. The molecule has 14 heavy (non-hydrogen) atoms. The molecule has 0 unspecified atom stereocenters. The Bertz CT molecular complexity index is 293. The number of rotatable bonds is 5. The Balaban J connectivity index is 2.29. The highest BCUT2D eigenvalue weighted by Crippen LogP contribution is 2.14. The molecule has 1 heterocycles. The van der Waals surface area contributed by atoms with Gasteiger partial charge in [-0.1, -0.05) is 19.8 Å². The maximum Gasteiger partial charge on any atom is 0.261 e. The van der Waals surface area contributed by atoms with Gasteiger partial charge in [-0.3, -0.25) is 4.79 Å². The number of amides is 1. The molecule has 0 saturated heterocycles. The SMILES string of the molecule is CCCCCNC(=O)c1ccc(C)s1. The number of hydrogen-bond donors (Lipinski definition) is 1. The van der Waals surface area contributed by atoms with Crippen LogP contribution in [0.2, 0.25) is 0 Å². The van der Waals surface area contributed by atoms with Crippen LogP contribution in [0.1, 0.15) is 40.7 Å². The summed E-state index contributed by atoms with van der Waals surface area (Å²) in [7, 11) is 0. The Kier molecular flexibility index (Phi) is 4.66. The van der Waals surface area contributed by atoms with Crippen LogP contribution < -0.4 is 5.32 Å². The van der Waals surface area contributed by atoms with E-state index >= 15 is 0 Å². The fraction of sp³-hybridized carbons (Fsp3) is 0.545. The summed E-state index contributed by atoms with van der Waals surface area (Å²) in [6.45, 7) is 4.96. The van der Waals surface area contributed by atoms with E-state index < -0.39 is 0 Å². The Morgan fingerprint density at radius 3 is 2.79 bits per heavy atom. The minimum atomic E-state index is 0.0687. The second-order valence-corrected chi connectivity index (χ2v) is 4.66. The molecular formula is C11H17NOS. The van der Waals surface area contributed by atoms with Crippen molar-refractivity contribution in [1.82, 2.24) is 5.32 Å². The van der Waals surface area contributed by atoms with Gasteiger partial charge in [-0.15, -0.1) is 11.3 Å². The first-order chi connectivity index (χ1) is 6.74. The van der Waals surface area contributed by atoms with Gasteiger partial charge in [0.25, 0.3) is 5.91 Å². The quantitative estimate of drug-likeness (QED) is 0.745. The van der Waals surface area contributed by atoms with Crippen LogP contribution in [0.25, 0.3) is 0 Å². The van der Waals surface area contributed by atoms with Gasteiger partial charge in [0.1, 0.15) is 0 Å². The van der Waals surface area contributed by atoms with Crippen LogP contribution in [0.4, 0.5) is 0 Å². The van der Waals surface area contributed by atoms with Crippen LogP contribution in [0.5, 0.6) is 0 Å². The molecule has 0 aliphatic carbocycles. The number of nitrogens with one attached hydrogen (secondary N) is 1. The van der Waals surface area contributed by atoms with Crippen molar-refractivity contribution in [3.63, 3.8) is 0 Å². The summed E-state index contributed by atoms with van der Waals surface area (Å²) in [5.74, 6) is 0.0687. The lowest BCUT2D eigenvalue weighted by molar-refractivity contribution is 0.0957. The van der Waals surface area contributed by atoms with Gasteiger partial charge in [0.15, 0.2) is 0 Å². The van der Waals surface area contributed by atoms with Crippen molar-refractivity contribution in [2.24, 2.45) is 0 Å². The molecule has 0 radical (unpaired) electrons. The van der Waals surface area contributed by atoms with Gasteiger partial charge in [0.2, 0.25) is 0 Å². The van der Waals surface area contributed by atoms with Crippen molar-refractivity contribution in [1.29, 1.82) is 0 Å². The van der Waals surface area contributed by atoms with E-state index in [1.165, 1.54) is 17.7 Å². The molecule has 0 saturated carbocycles. The average molecular weight is 211 g/mol. The molecule has 3 heteroatoms. The summed E-state index contributed by atoms with van der Waals surface area (Å²) in [4.78, 5) is 13.5. The van der Waals surface area contributed by atoms with Crippen LogP contribution in [-0.2, 0) is 0 Å². The number of unbranched alkanes of at least 4 members (excludes halogenated alkanes) is 2. The van der Waals surface area contributed by atoms with Crippen molar-refractivity contribution in [2.45, 2.75) is 33.1 Å². The monoisotopic (exact) mass is 211 g/mol. The molecule has 1 amide bonds. The van der Waals surface area contributed by atoms with E-state index in [2.05, 4.69) is 12.2 Å². The van der Waals surface area contributed by atoms with Gasteiger partial charge in [0.05, 0.1) is 4.88 Å². The highest BCUT2D eigenvalue weighted by Gasteiger charge is 2.05. The molecule has 1 rings (SSSR count). The van der Waals surface area contributed by atoms with E-state index in [9.17, 15) is 4.79 Å². The Morgan fingerprint density at radius 1 is 1.43 bits per heavy atom. The predicted molar refractivity (Wildman–Crippen MR) is 60.9 cm³/mol. The largest absolute Gasteiger partial charge is 0.351 e.